The molecule has 0 unspecified atom stereocenters. The van der Waals surface area contributed by atoms with Gasteiger partial charge < -0.3 is 9.73 Å². The first-order valence-electron chi connectivity index (χ1n) is 6.94. The van der Waals surface area contributed by atoms with Crippen LogP contribution in [-0.2, 0) is 4.79 Å². The molecular weight excluding hydrogens is 310 g/mol. The van der Waals surface area contributed by atoms with Crippen LogP contribution >= 0.6 is 11.8 Å². The minimum absolute atomic E-state index is 0.100. The molecule has 114 valence electrons. The van der Waals surface area contributed by atoms with Crippen LogP contribution in [0.15, 0.2) is 46.9 Å². The number of nitrogens with zero attached hydrogens (tertiary/aromatic N) is 2. The molecule has 23 heavy (non-hydrogen) atoms. The molecule has 0 fully saturated rings. The van der Waals surface area contributed by atoms with Crippen molar-refractivity contribution in [2.45, 2.75) is 6.92 Å². The van der Waals surface area contributed by atoms with Gasteiger partial charge in [-0.25, -0.2) is 4.98 Å². The summed E-state index contributed by atoms with van der Waals surface area (Å²) in [6.45, 7) is 1.91. The Balaban J connectivity index is 1.90. The average Bonchev–Trinajstić information content (AvgIpc) is 2.99. The summed E-state index contributed by atoms with van der Waals surface area (Å²) in [5.74, 6) is 0.394. The van der Waals surface area contributed by atoms with Crippen molar-refractivity contribution in [1.82, 2.24) is 4.98 Å². The quantitative estimate of drug-likeness (QED) is 0.735. The number of nitrogens with one attached hydrogen (secondary N) is 1. The maximum absolute atomic E-state index is 11.8. The highest BCUT2D eigenvalue weighted by molar-refractivity contribution is 8.04. The van der Waals surface area contributed by atoms with Crippen molar-refractivity contribution in [1.29, 1.82) is 5.26 Å². The zero-order chi connectivity index (χ0) is 16.2. The molecule has 1 amide bonds. The Morgan fingerprint density at radius 3 is 2.96 bits per heavy atom. The van der Waals surface area contributed by atoms with Gasteiger partial charge in [0.05, 0.1) is 5.75 Å². The van der Waals surface area contributed by atoms with Crippen LogP contribution in [0.5, 0.6) is 0 Å². The Labute approximate surface area is 137 Å². The van der Waals surface area contributed by atoms with Crippen molar-refractivity contribution in [3.8, 4) is 16.9 Å². The van der Waals surface area contributed by atoms with Crippen molar-refractivity contribution in [2.75, 3.05) is 11.1 Å². The maximum Gasteiger partial charge on any atom is 0.235 e. The number of para-hydroxylation sites is 2. The SMILES string of the molecule is Cc1ccc(-c2nc3ccccc3o2)cc1NC(=O)CSC#N. The summed E-state index contributed by atoms with van der Waals surface area (Å²) in [6, 6.07) is 13.2. The zero-order valence-electron chi connectivity index (χ0n) is 12.4. The van der Waals surface area contributed by atoms with Gasteiger partial charge in [0.25, 0.3) is 0 Å². The van der Waals surface area contributed by atoms with Crippen LogP contribution in [0, 0.1) is 17.6 Å². The lowest BCUT2D eigenvalue weighted by molar-refractivity contribution is -0.113. The molecule has 1 heterocycles. The standard InChI is InChI=1S/C17H13N3O2S/c1-11-6-7-12(8-14(11)19-16(21)9-23-10-18)17-20-13-4-2-3-5-15(13)22-17/h2-8H,9H2,1H3,(H,19,21). The number of hydrogen-bond donors (Lipinski definition) is 1. The van der Waals surface area contributed by atoms with Gasteiger partial charge >= 0.3 is 0 Å². The second-order valence-corrected chi connectivity index (χ2v) is 5.70. The van der Waals surface area contributed by atoms with Gasteiger partial charge in [-0.1, -0.05) is 18.2 Å². The summed E-state index contributed by atoms with van der Waals surface area (Å²) >= 11 is 0.908. The van der Waals surface area contributed by atoms with E-state index in [2.05, 4.69) is 10.3 Å². The summed E-state index contributed by atoms with van der Waals surface area (Å²) in [6.07, 6.45) is 0. The molecule has 6 heteroatoms. The lowest BCUT2D eigenvalue weighted by Crippen LogP contribution is -2.14. The van der Waals surface area contributed by atoms with Crippen LogP contribution in [0.2, 0.25) is 0 Å². The first-order valence-corrected chi connectivity index (χ1v) is 7.93. The summed E-state index contributed by atoms with van der Waals surface area (Å²) < 4.78 is 5.75. The minimum atomic E-state index is -0.214. The van der Waals surface area contributed by atoms with Gasteiger partial charge in [0, 0.05) is 11.3 Å². The van der Waals surface area contributed by atoms with Crippen LogP contribution in [0.1, 0.15) is 5.56 Å². The second kappa shape index (κ2) is 6.55. The summed E-state index contributed by atoms with van der Waals surface area (Å²) in [5, 5.41) is 13.2. The molecule has 2 aromatic carbocycles. The van der Waals surface area contributed by atoms with Crippen LogP contribution in [0.4, 0.5) is 5.69 Å². The highest BCUT2D eigenvalue weighted by Crippen LogP contribution is 2.27. The number of rotatable bonds is 4. The molecular formula is C17H13N3O2S. The Hall–Kier alpha value is -2.78. The number of hydrogen-bond acceptors (Lipinski definition) is 5. The Morgan fingerprint density at radius 2 is 2.17 bits per heavy atom. The Kier molecular flexibility index (Phi) is 4.31. The van der Waals surface area contributed by atoms with E-state index in [0.717, 1.165) is 34.0 Å². The van der Waals surface area contributed by atoms with Crippen molar-refractivity contribution in [3.63, 3.8) is 0 Å². The van der Waals surface area contributed by atoms with E-state index in [1.54, 1.807) is 0 Å². The normalized spacial score (nSPS) is 10.4. The van der Waals surface area contributed by atoms with Crippen LogP contribution < -0.4 is 5.32 Å². The molecule has 0 saturated carbocycles. The van der Waals surface area contributed by atoms with E-state index in [4.69, 9.17) is 9.68 Å². The monoisotopic (exact) mass is 323 g/mol. The molecule has 0 radical (unpaired) electrons. The summed E-state index contributed by atoms with van der Waals surface area (Å²) in [5.41, 5.74) is 3.92. The average molecular weight is 323 g/mol. The third-order valence-corrected chi connectivity index (χ3v) is 3.86. The second-order valence-electron chi connectivity index (χ2n) is 4.94. The molecule has 0 spiro atoms. The molecule has 0 aliphatic heterocycles. The van der Waals surface area contributed by atoms with E-state index in [1.807, 2.05) is 54.8 Å². The molecule has 1 aromatic heterocycles. The number of fused-ring (bicyclic) bond motifs is 1. The third-order valence-electron chi connectivity index (χ3n) is 3.32. The molecule has 0 aliphatic rings. The number of thiocyanates is 1. The lowest BCUT2D eigenvalue weighted by Gasteiger charge is -2.08. The zero-order valence-corrected chi connectivity index (χ0v) is 13.2. The van der Waals surface area contributed by atoms with E-state index in [-0.39, 0.29) is 11.7 Å². The van der Waals surface area contributed by atoms with Gasteiger partial charge in [0.15, 0.2) is 5.58 Å². The number of oxazole rings is 1. The summed E-state index contributed by atoms with van der Waals surface area (Å²) in [7, 11) is 0. The number of aromatic nitrogens is 1. The number of anilines is 1. The molecule has 0 aliphatic carbocycles. The van der Waals surface area contributed by atoms with Gasteiger partial charge in [-0.3, -0.25) is 4.79 Å². The van der Waals surface area contributed by atoms with Crippen molar-refractivity contribution < 1.29 is 9.21 Å². The third kappa shape index (κ3) is 3.35. The first kappa shape index (κ1) is 15.1. The minimum Gasteiger partial charge on any atom is -0.436 e. The number of benzene rings is 2. The van der Waals surface area contributed by atoms with Crippen molar-refractivity contribution in [3.05, 3.63) is 48.0 Å². The number of nitriles is 1. The number of amides is 1. The van der Waals surface area contributed by atoms with E-state index >= 15 is 0 Å². The van der Waals surface area contributed by atoms with Gasteiger partial charge in [-0.05, 0) is 48.5 Å². The fraction of sp³-hybridized carbons (Fsp3) is 0.118. The van der Waals surface area contributed by atoms with Gasteiger partial charge in [-0.2, -0.15) is 5.26 Å². The fourth-order valence-corrected chi connectivity index (χ4v) is 2.44. The number of thioether (sulfide) groups is 1. The van der Waals surface area contributed by atoms with Crippen LogP contribution in [0.3, 0.4) is 0 Å². The molecule has 5 nitrogen and oxygen atoms in total. The molecule has 0 saturated heterocycles. The van der Waals surface area contributed by atoms with E-state index in [1.165, 1.54) is 0 Å². The van der Waals surface area contributed by atoms with E-state index in [0.29, 0.717) is 11.6 Å². The Morgan fingerprint density at radius 1 is 1.35 bits per heavy atom. The van der Waals surface area contributed by atoms with E-state index < -0.39 is 0 Å². The lowest BCUT2D eigenvalue weighted by atomic mass is 10.1. The highest BCUT2D eigenvalue weighted by atomic mass is 32.2. The Bertz CT molecular complexity index is 879. The number of carbonyl (C=O) groups excluding carboxylic acids is 1. The molecule has 3 aromatic rings. The predicted octanol–water partition coefficient (Wildman–Crippen LogP) is 3.96. The van der Waals surface area contributed by atoms with Crippen molar-refractivity contribution in [2.24, 2.45) is 0 Å². The number of carbonyl (C=O) groups is 1. The fourth-order valence-electron chi connectivity index (χ4n) is 2.17. The molecule has 1 N–H and O–H groups in total. The molecule has 0 bridgehead atoms. The van der Waals surface area contributed by atoms with E-state index in [9.17, 15) is 4.79 Å². The van der Waals surface area contributed by atoms with Gasteiger partial charge in [0.1, 0.15) is 10.9 Å². The van der Waals surface area contributed by atoms with Gasteiger partial charge in [0.2, 0.25) is 11.8 Å². The molecule has 3 rings (SSSR count). The smallest absolute Gasteiger partial charge is 0.235 e. The topological polar surface area (TPSA) is 78.9 Å². The van der Waals surface area contributed by atoms with Gasteiger partial charge in [-0.15, -0.1) is 0 Å². The first-order chi connectivity index (χ1) is 11.2. The maximum atomic E-state index is 11.8. The van der Waals surface area contributed by atoms with Crippen molar-refractivity contribution >= 4 is 34.5 Å². The van der Waals surface area contributed by atoms with Crippen LogP contribution in [-0.4, -0.2) is 16.6 Å². The largest absolute Gasteiger partial charge is 0.436 e. The molecule has 0 atom stereocenters. The summed E-state index contributed by atoms with van der Waals surface area (Å²) in [4.78, 5) is 16.2. The highest BCUT2D eigenvalue weighted by Gasteiger charge is 2.11. The number of aryl methyl sites for hydroxylation is 1. The predicted molar refractivity (Wildman–Crippen MR) is 90.9 cm³/mol. The van der Waals surface area contributed by atoms with Crippen LogP contribution in [0.25, 0.3) is 22.6 Å².